The molecule has 2 rings (SSSR count). The molecule has 0 spiro atoms. The van der Waals surface area contributed by atoms with E-state index in [1.54, 1.807) is 24.5 Å². The molecule has 0 N–H and O–H groups in total. The first-order valence-electron chi connectivity index (χ1n) is 4.68. The van der Waals surface area contributed by atoms with E-state index in [2.05, 4.69) is 4.98 Å². The van der Waals surface area contributed by atoms with Crippen molar-refractivity contribution in [2.45, 2.75) is 14.7 Å². The third kappa shape index (κ3) is 3.46. The predicted molar refractivity (Wildman–Crippen MR) is 67.8 cm³/mol. The van der Waals surface area contributed by atoms with Crippen molar-refractivity contribution in [1.29, 1.82) is 0 Å². The highest BCUT2D eigenvalue weighted by atomic mass is 35.7. The van der Waals surface area contributed by atoms with Crippen molar-refractivity contribution in [2.24, 2.45) is 0 Å². The molecular formula is C11H8ClNO2S2. The van der Waals surface area contributed by atoms with Gasteiger partial charge in [-0.15, -0.1) is 0 Å². The minimum absolute atomic E-state index is 0.109. The number of nitrogens with zero attached hydrogens (tertiary/aromatic N) is 1. The van der Waals surface area contributed by atoms with Gasteiger partial charge >= 0.3 is 0 Å². The third-order valence-corrected chi connectivity index (χ3v) is 4.38. The Morgan fingerprint density at radius 1 is 0.941 bits per heavy atom. The maximum atomic E-state index is 11.1. The van der Waals surface area contributed by atoms with Crippen molar-refractivity contribution in [1.82, 2.24) is 4.98 Å². The largest absolute Gasteiger partial charge is 0.265 e. The van der Waals surface area contributed by atoms with Gasteiger partial charge in [0, 0.05) is 32.9 Å². The summed E-state index contributed by atoms with van der Waals surface area (Å²) in [6.07, 6.45) is 3.42. The van der Waals surface area contributed by atoms with E-state index < -0.39 is 9.05 Å². The molecule has 6 heteroatoms. The quantitative estimate of drug-likeness (QED) is 0.813. The Bertz CT molecular complexity index is 597. The van der Waals surface area contributed by atoms with E-state index in [4.69, 9.17) is 10.7 Å². The lowest BCUT2D eigenvalue weighted by Crippen LogP contribution is -1.89. The van der Waals surface area contributed by atoms with E-state index in [0.29, 0.717) is 0 Å². The smallest absolute Gasteiger partial charge is 0.261 e. The SMILES string of the molecule is O=S(=O)(Cl)c1ccc(Sc2ccncc2)cc1. The van der Waals surface area contributed by atoms with Gasteiger partial charge in [0.05, 0.1) is 4.90 Å². The zero-order valence-electron chi connectivity index (χ0n) is 8.58. The highest BCUT2D eigenvalue weighted by molar-refractivity contribution is 8.13. The lowest BCUT2D eigenvalue weighted by atomic mass is 10.4. The van der Waals surface area contributed by atoms with Gasteiger partial charge in [0.1, 0.15) is 0 Å². The first-order valence-corrected chi connectivity index (χ1v) is 7.81. The number of hydrogen-bond acceptors (Lipinski definition) is 4. The first-order chi connectivity index (χ1) is 8.05. The Balaban J connectivity index is 2.20. The molecule has 17 heavy (non-hydrogen) atoms. The molecule has 1 heterocycles. The molecule has 0 aliphatic carbocycles. The van der Waals surface area contributed by atoms with Crippen molar-refractivity contribution in [3.8, 4) is 0 Å². The van der Waals surface area contributed by atoms with Crippen molar-refractivity contribution >= 4 is 31.5 Å². The maximum absolute atomic E-state index is 11.1. The lowest BCUT2D eigenvalue weighted by molar-refractivity contribution is 0.609. The van der Waals surface area contributed by atoms with Crippen molar-refractivity contribution in [2.75, 3.05) is 0 Å². The standard InChI is InChI=1S/C11H8ClNO2S2/c12-17(14,15)11-3-1-9(2-4-11)16-10-5-7-13-8-6-10/h1-8H. The van der Waals surface area contributed by atoms with Crippen LogP contribution in [0.5, 0.6) is 0 Å². The van der Waals surface area contributed by atoms with Crippen LogP contribution in [0.15, 0.2) is 63.5 Å². The normalized spacial score (nSPS) is 11.4. The number of benzene rings is 1. The second-order valence-electron chi connectivity index (χ2n) is 3.19. The topological polar surface area (TPSA) is 47.0 Å². The number of pyridine rings is 1. The Hall–Kier alpha value is -1.04. The predicted octanol–water partition coefficient (Wildman–Crippen LogP) is 3.16. The van der Waals surface area contributed by atoms with Crippen LogP contribution in [0.3, 0.4) is 0 Å². The summed E-state index contributed by atoms with van der Waals surface area (Å²) in [5.74, 6) is 0. The molecule has 0 radical (unpaired) electrons. The van der Waals surface area contributed by atoms with E-state index >= 15 is 0 Å². The van der Waals surface area contributed by atoms with Crippen LogP contribution in [0.25, 0.3) is 0 Å². The Labute approximate surface area is 108 Å². The Morgan fingerprint density at radius 2 is 1.47 bits per heavy atom. The second kappa shape index (κ2) is 5.08. The van der Waals surface area contributed by atoms with Gasteiger partial charge in [0.2, 0.25) is 0 Å². The average molecular weight is 286 g/mol. The van der Waals surface area contributed by atoms with Gasteiger partial charge in [-0.25, -0.2) is 8.42 Å². The Morgan fingerprint density at radius 3 is 2.00 bits per heavy atom. The van der Waals surface area contributed by atoms with Crippen LogP contribution in [-0.2, 0) is 9.05 Å². The molecule has 0 fully saturated rings. The molecule has 0 amide bonds. The summed E-state index contributed by atoms with van der Waals surface area (Å²) in [7, 11) is 1.59. The summed E-state index contributed by atoms with van der Waals surface area (Å²) in [5.41, 5.74) is 0. The van der Waals surface area contributed by atoms with Gasteiger partial charge in [-0.05, 0) is 36.4 Å². The van der Waals surface area contributed by atoms with Gasteiger partial charge in [-0.3, -0.25) is 4.98 Å². The van der Waals surface area contributed by atoms with Crippen LogP contribution in [-0.4, -0.2) is 13.4 Å². The van der Waals surface area contributed by atoms with Crippen LogP contribution in [0.1, 0.15) is 0 Å². The molecule has 0 saturated carbocycles. The maximum Gasteiger partial charge on any atom is 0.261 e. The highest BCUT2D eigenvalue weighted by Gasteiger charge is 2.09. The summed E-state index contributed by atoms with van der Waals surface area (Å²) in [5, 5.41) is 0. The monoisotopic (exact) mass is 285 g/mol. The number of aromatic nitrogens is 1. The third-order valence-electron chi connectivity index (χ3n) is 1.99. The van der Waals surface area contributed by atoms with Crippen molar-refractivity contribution in [3.05, 3.63) is 48.8 Å². The van der Waals surface area contributed by atoms with Crippen molar-refractivity contribution < 1.29 is 8.42 Å². The van der Waals surface area contributed by atoms with E-state index in [1.165, 1.54) is 23.9 Å². The lowest BCUT2D eigenvalue weighted by Gasteiger charge is -2.01. The van der Waals surface area contributed by atoms with Crippen LogP contribution in [0, 0.1) is 0 Å². The molecule has 88 valence electrons. The van der Waals surface area contributed by atoms with Crippen LogP contribution in [0.4, 0.5) is 0 Å². The second-order valence-corrected chi connectivity index (χ2v) is 6.91. The Kier molecular flexibility index (Phi) is 3.71. The van der Waals surface area contributed by atoms with Crippen molar-refractivity contribution in [3.63, 3.8) is 0 Å². The zero-order chi connectivity index (χ0) is 12.3. The minimum Gasteiger partial charge on any atom is -0.265 e. The molecule has 3 nitrogen and oxygen atoms in total. The van der Waals surface area contributed by atoms with Gasteiger partial charge in [0.15, 0.2) is 0 Å². The summed E-state index contributed by atoms with van der Waals surface area (Å²) >= 11 is 1.53. The van der Waals surface area contributed by atoms with E-state index in [-0.39, 0.29) is 4.90 Å². The fraction of sp³-hybridized carbons (Fsp3) is 0. The summed E-state index contributed by atoms with van der Waals surface area (Å²) in [6.45, 7) is 0. The van der Waals surface area contributed by atoms with E-state index in [1.807, 2.05) is 12.1 Å². The molecule has 1 aromatic carbocycles. The fourth-order valence-corrected chi connectivity index (χ4v) is 2.78. The molecule has 2 aromatic rings. The first kappa shape index (κ1) is 12.4. The molecule has 1 aromatic heterocycles. The minimum atomic E-state index is -3.64. The molecule has 0 aliphatic rings. The summed E-state index contributed by atoms with van der Waals surface area (Å²) in [6, 6.07) is 10.2. The summed E-state index contributed by atoms with van der Waals surface area (Å²) < 4.78 is 22.1. The zero-order valence-corrected chi connectivity index (χ0v) is 11.0. The molecule has 0 atom stereocenters. The molecule has 0 unspecified atom stereocenters. The molecule has 0 saturated heterocycles. The fourth-order valence-electron chi connectivity index (χ4n) is 1.21. The number of hydrogen-bond donors (Lipinski definition) is 0. The van der Waals surface area contributed by atoms with Gasteiger partial charge in [-0.1, -0.05) is 11.8 Å². The van der Waals surface area contributed by atoms with E-state index in [0.717, 1.165) is 9.79 Å². The average Bonchev–Trinajstić information content (AvgIpc) is 2.30. The van der Waals surface area contributed by atoms with Gasteiger partial charge in [0.25, 0.3) is 9.05 Å². The van der Waals surface area contributed by atoms with Gasteiger partial charge in [-0.2, -0.15) is 0 Å². The number of rotatable bonds is 3. The van der Waals surface area contributed by atoms with E-state index in [9.17, 15) is 8.42 Å². The van der Waals surface area contributed by atoms with Crippen LogP contribution >= 0.6 is 22.4 Å². The molecule has 0 aliphatic heterocycles. The van der Waals surface area contributed by atoms with Gasteiger partial charge < -0.3 is 0 Å². The summed E-state index contributed by atoms with van der Waals surface area (Å²) in [4.78, 5) is 6.02. The van der Waals surface area contributed by atoms with Crippen LogP contribution < -0.4 is 0 Å². The molecular weight excluding hydrogens is 278 g/mol. The van der Waals surface area contributed by atoms with Crippen LogP contribution in [0.2, 0.25) is 0 Å². The highest BCUT2D eigenvalue weighted by Crippen LogP contribution is 2.28. The molecule has 0 bridgehead atoms. The number of halogens is 1.